The molecule has 0 saturated carbocycles. The van der Waals surface area contributed by atoms with E-state index in [1.54, 1.807) is 13.9 Å². The molecular formula is C15H13B2N3O4. The van der Waals surface area contributed by atoms with E-state index in [0.29, 0.717) is 11.1 Å². The van der Waals surface area contributed by atoms with Gasteiger partial charge < -0.3 is 15.5 Å². The topological polar surface area (TPSA) is 123 Å². The number of aromatic nitrogens is 1. The van der Waals surface area contributed by atoms with E-state index in [0.717, 1.165) is 16.5 Å². The Labute approximate surface area is 139 Å². The molecule has 0 radical (unpaired) electrons. The molecule has 0 bridgehead atoms. The van der Waals surface area contributed by atoms with E-state index in [1.165, 1.54) is 12.3 Å². The first-order valence-corrected chi connectivity index (χ1v) is 7.04. The number of carboxylic acid groups (broad SMARTS) is 1. The van der Waals surface area contributed by atoms with Crippen LogP contribution in [0.1, 0.15) is 16.1 Å². The molecule has 2 aromatic rings. The monoisotopic (exact) mass is 321 g/mol. The number of carbonyl (C=O) groups is 2. The normalized spacial score (nSPS) is 9.96. The van der Waals surface area contributed by atoms with Crippen molar-refractivity contribution in [2.75, 3.05) is 6.54 Å². The summed E-state index contributed by atoms with van der Waals surface area (Å²) in [6.45, 7) is -0.565. The highest BCUT2D eigenvalue weighted by atomic mass is 16.4. The Balaban J connectivity index is 2.41. The van der Waals surface area contributed by atoms with Crippen LogP contribution in [0.3, 0.4) is 0 Å². The van der Waals surface area contributed by atoms with Crippen molar-refractivity contribution in [2.45, 2.75) is 0 Å². The second-order valence-corrected chi connectivity index (χ2v) is 5.26. The number of nitrogens with one attached hydrogen (secondary N) is 1. The van der Waals surface area contributed by atoms with Gasteiger partial charge in [-0.25, -0.2) is 4.98 Å². The van der Waals surface area contributed by atoms with Gasteiger partial charge in [0.15, 0.2) is 5.69 Å². The number of carbonyl (C=O) groups excluding carboxylic acids is 1. The van der Waals surface area contributed by atoms with Crippen molar-refractivity contribution in [3.05, 3.63) is 35.7 Å². The molecule has 1 heterocycles. The summed E-state index contributed by atoms with van der Waals surface area (Å²) in [6.07, 6.45) is 1.40. The lowest BCUT2D eigenvalue weighted by molar-refractivity contribution is -0.135. The van der Waals surface area contributed by atoms with Crippen LogP contribution in [0.15, 0.2) is 24.4 Å². The van der Waals surface area contributed by atoms with Gasteiger partial charge in [0, 0.05) is 17.3 Å². The number of amides is 1. The van der Waals surface area contributed by atoms with Crippen LogP contribution < -0.4 is 16.2 Å². The van der Waals surface area contributed by atoms with Crippen LogP contribution in [-0.2, 0) is 4.79 Å². The van der Waals surface area contributed by atoms with E-state index in [2.05, 4.69) is 16.4 Å². The fourth-order valence-corrected chi connectivity index (χ4v) is 2.29. The Bertz CT molecular complexity index is 878. The second kappa shape index (κ2) is 6.87. The number of benzene rings is 1. The fourth-order valence-electron chi connectivity index (χ4n) is 2.29. The zero-order valence-electron chi connectivity index (χ0n) is 13.1. The molecule has 9 heteroatoms. The quantitative estimate of drug-likeness (QED) is 0.542. The number of rotatable bonds is 4. The van der Waals surface area contributed by atoms with Gasteiger partial charge in [0.2, 0.25) is 0 Å². The SMILES string of the molecule is Bc1cc(C#N)c(B)c(-c2cnc(C(=O)NCC(=O)O)c(O)c2)c1. The Morgan fingerprint density at radius 3 is 2.58 bits per heavy atom. The maximum absolute atomic E-state index is 11.8. The highest BCUT2D eigenvalue weighted by Crippen LogP contribution is 2.23. The minimum atomic E-state index is -1.20. The van der Waals surface area contributed by atoms with Crippen molar-refractivity contribution in [1.29, 1.82) is 5.26 Å². The smallest absolute Gasteiger partial charge is 0.322 e. The first kappa shape index (κ1) is 17.1. The molecule has 1 aromatic heterocycles. The minimum Gasteiger partial charge on any atom is -0.505 e. The summed E-state index contributed by atoms with van der Waals surface area (Å²) in [5.74, 6) is -2.34. The zero-order valence-corrected chi connectivity index (χ0v) is 13.1. The molecular weight excluding hydrogens is 308 g/mol. The molecule has 2 rings (SSSR count). The Morgan fingerprint density at radius 1 is 1.29 bits per heavy atom. The highest BCUT2D eigenvalue weighted by molar-refractivity contribution is 6.40. The number of hydrogen-bond donors (Lipinski definition) is 3. The molecule has 0 unspecified atom stereocenters. The number of aliphatic carboxylic acids is 1. The van der Waals surface area contributed by atoms with Gasteiger partial charge in [0.25, 0.3) is 5.91 Å². The summed E-state index contributed by atoms with van der Waals surface area (Å²) in [5, 5.41) is 29.9. The Kier molecular flexibility index (Phi) is 4.90. The molecule has 3 N–H and O–H groups in total. The zero-order chi connectivity index (χ0) is 17.9. The minimum absolute atomic E-state index is 0.259. The molecule has 7 nitrogen and oxygen atoms in total. The van der Waals surface area contributed by atoms with Crippen molar-refractivity contribution in [3.8, 4) is 22.9 Å². The summed E-state index contributed by atoms with van der Waals surface area (Å²) in [5.41, 5.74) is 3.17. The molecule has 0 aliphatic carbocycles. The average molecular weight is 321 g/mol. The van der Waals surface area contributed by atoms with Gasteiger partial charge in [0.1, 0.15) is 28.0 Å². The molecule has 24 heavy (non-hydrogen) atoms. The lowest BCUT2D eigenvalue weighted by atomic mass is 9.79. The van der Waals surface area contributed by atoms with Gasteiger partial charge in [-0.05, 0) is 11.6 Å². The molecule has 0 aliphatic rings. The van der Waals surface area contributed by atoms with Gasteiger partial charge in [0.05, 0.1) is 6.07 Å². The van der Waals surface area contributed by atoms with Gasteiger partial charge in [-0.3, -0.25) is 9.59 Å². The first-order valence-electron chi connectivity index (χ1n) is 7.04. The van der Waals surface area contributed by atoms with Crippen molar-refractivity contribution in [3.63, 3.8) is 0 Å². The third kappa shape index (κ3) is 3.55. The van der Waals surface area contributed by atoms with E-state index >= 15 is 0 Å². The maximum Gasteiger partial charge on any atom is 0.322 e. The number of nitrogens with zero attached hydrogens (tertiary/aromatic N) is 2. The van der Waals surface area contributed by atoms with E-state index in [9.17, 15) is 20.0 Å². The van der Waals surface area contributed by atoms with Gasteiger partial charge in [-0.15, -0.1) is 0 Å². The van der Waals surface area contributed by atoms with Crippen molar-refractivity contribution >= 4 is 38.5 Å². The van der Waals surface area contributed by atoms with Crippen molar-refractivity contribution < 1.29 is 19.8 Å². The van der Waals surface area contributed by atoms with Crippen molar-refractivity contribution in [2.24, 2.45) is 0 Å². The number of nitriles is 1. The lowest BCUT2D eigenvalue weighted by Gasteiger charge is -2.11. The van der Waals surface area contributed by atoms with Crippen LogP contribution in [0, 0.1) is 11.3 Å². The number of carboxylic acids is 1. The number of hydrogen-bond acceptors (Lipinski definition) is 5. The molecule has 1 aromatic carbocycles. The molecule has 1 amide bonds. The van der Waals surface area contributed by atoms with Crippen LogP contribution in [0.5, 0.6) is 5.75 Å². The highest BCUT2D eigenvalue weighted by Gasteiger charge is 2.16. The van der Waals surface area contributed by atoms with E-state index in [4.69, 9.17) is 5.11 Å². The predicted molar refractivity (Wildman–Crippen MR) is 92.4 cm³/mol. The summed E-state index contributed by atoms with van der Waals surface area (Å²) in [6, 6.07) is 7.10. The second-order valence-electron chi connectivity index (χ2n) is 5.26. The van der Waals surface area contributed by atoms with Crippen LogP contribution in [0.2, 0.25) is 0 Å². The summed E-state index contributed by atoms with van der Waals surface area (Å²) < 4.78 is 0. The first-order chi connectivity index (χ1) is 11.3. The predicted octanol–water partition coefficient (Wildman–Crippen LogP) is -2.34. The maximum atomic E-state index is 11.8. The summed E-state index contributed by atoms with van der Waals surface area (Å²) in [7, 11) is 3.64. The van der Waals surface area contributed by atoms with E-state index in [1.807, 2.05) is 13.9 Å². The molecule has 0 atom stereocenters. The van der Waals surface area contributed by atoms with Crippen LogP contribution in [0.4, 0.5) is 0 Å². The third-order valence-corrected chi connectivity index (χ3v) is 3.47. The Hall–Kier alpha value is -3.27. The summed E-state index contributed by atoms with van der Waals surface area (Å²) in [4.78, 5) is 26.2. The lowest BCUT2D eigenvalue weighted by Crippen LogP contribution is -2.29. The Morgan fingerprint density at radius 2 is 2.00 bits per heavy atom. The van der Waals surface area contributed by atoms with Crippen LogP contribution in [0.25, 0.3) is 11.1 Å². The van der Waals surface area contributed by atoms with E-state index < -0.39 is 18.4 Å². The van der Waals surface area contributed by atoms with Crippen molar-refractivity contribution in [1.82, 2.24) is 10.3 Å². The summed E-state index contributed by atoms with van der Waals surface area (Å²) >= 11 is 0. The van der Waals surface area contributed by atoms with Gasteiger partial charge in [-0.2, -0.15) is 5.26 Å². The van der Waals surface area contributed by atoms with Gasteiger partial charge >= 0.3 is 5.97 Å². The van der Waals surface area contributed by atoms with Gasteiger partial charge in [-0.1, -0.05) is 23.1 Å². The van der Waals surface area contributed by atoms with Crippen LogP contribution >= 0.6 is 0 Å². The molecule has 0 saturated heterocycles. The number of aromatic hydroxyl groups is 1. The standard InChI is InChI=1S/C15H13B2N3O4/c16-9-1-7(4-18)13(17)10(3-9)8-2-11(21)14(19-5-8)15(24)20-6-12(22)23/h1-3,5,21H,6,16-17H2,(H,20,24)(H,22,23). The molecule has 0 aliphatic heterocycles. The van der Waals surface area contributed by atoms with Crippen LogP contribution in [-0.4, -0.2) is 49.3 Å². The average Bonchev–Trinajstić information content (AvgIpc) is 2.54. The van der Waals surface area contributed by atoms with E-state index in [-0.39, 0.29) is 11.4 Å². The number of pyridine rings is 1. The largest absolute Gasteiger partial charge is 0.505 e. The third-order valence-electron chi connectivity index (χ3n) is 3.47. The molecule has 0 spiro atoms. The molecule has 0 fully saturated rings. The molecule has 118 valence electrons. The fraction of sp³-hybridized carbons (Fsp3) is 0.0667.